The molecule has 1 aromatic heterocycles. The molecule has 3 rings (SSSR count). The minimum Gasteiger partial charge on any atom is -0.354 e. The molecular weight excluding hydrogens is 314 g/mol. The number of aromatic nitrogens is 2. The van der Waals surface area contributed by atoms with Crippen LogP contribution in [-0.2, 0) is 4.79 Å². The van der Waals surface area contributed by atoms with Crippen molar-refractivity contribution in [3.8, 4) is 0 Å². The second kappa shape index (κ2) is 8.61. The monoisotopic (exact) mass is 345 g/mol. The molecule has 6 heteroatoms. The van der Waals surface area contributed by atoms with E-state index in [1.165, 1.54) is 12.8 Å². The number of hydrogen-bond donors (Lipinski definition) is 1. The molecule has 1 N–H and O–H groups in total. The Kier molecular flexibility index (Phi) is 6.24. The maximum Gasteiger partial charge on any atom is 0.225 e. The molecule has 0 aliphatic carbocycles. The predicted molar refractivity (Wildman–Crippen MR) is 99.4 cm³/mol. The van der Waals surface area contributed by atoms with Crippen molar-refractivity contribution in [2.45, 2.75) is 45.6 Å². The topological polar surface area (TPSA) is 61.4 Å². The molecule has 1 atom stereocenters. The lowest BCUT2D eigenvalue weighted by Crippen LogP contribution is -2.47. The number of anilines is 1. The van der Waals surface area contributed by atoms with Gasteiger partial charge in [-0.3, -0.25) is 9.69 Å². The van der Waals surface area contributed by atoms with Crippen molar-refractivity contribution < 1.29 is 4.79 Å². The fraction of sp³-hybridized carbons (Fsp3) is 0.737. The largest absolute Gasteiger partial charge is 0.354 e. The van der Waals surface area contributed by atoms with Gasteiger partial charge in [-0.1, -0.05) is 6.92 Å². The highest BCUT2D eigenvalue weighted by Crippen LogP contribution is 2.21. The average Bonchev–Trinajstić information content (AvgIpc) is 2.67. The van der Waals surface area contributed by atoms with Crippen LogP contribution in [-0.4, -0.2) is 59.5 Å². The van der Waals surface area contributed by atoms with Crippen molar-refractivity contribution in [3.05, 3.63) is 18.5 Å². The number of carbonyl (C=O) groups is 1. The van der Waals surface area contributed by atoms with E-state index in [0.29, 0.717) is 6.04 Å². The number of rotatable bonds is 5. The zero-order valence-corrected chi connectivity index (χ0v) is 15.5. The number of hydrogen-bond acceptors (Lipinski definition) is 5. The lowest BCUT2D eigenvalue weighted by molar-refractivity contribution is -0.125. The Morgan fingerprint density at radius 3 is 2.44 bits per heavy atom. The first-order valence-corrected chi connectivity index (χ1v) is 9.67. The Bertz CT molecular complexity index is 536. The van der Waals surface area contributed by atoms with Gasteiger partial charge >= 0.3 is 0 Å². The SMILES string of the molecule is CC1CCN(C(C)CNC(=O)C2CCN(c3ncccn3)CC2)CC1. The van der Waals surface area contributed by atoms with Crippen LogP contribution in [0, 0.1) is 11.8 Å². The molecule has 2 aliphatic rings. The highest BCUT2D eigenvalue weighted by atomic mass is 16.1. The van der Waals surface area contributed by atoms with E-state index in [0.717, 1.165) is 57.4 Å². The van der Waals surface area contributed by atoms with E-state index in [1.54, 1.807) is 12.4 Å². The van der Waals surface area contributed by atoms with E-state index in [1.807, 2.05) is 6.07 Å². The summed E-state index contributed by atoms with van der Waals surface area (Å²) in [6.45, 7) is 9.34. The summed E-state index contributed by atoms with van der Waals surface area (Å²) >= 11 is 0. The Morgan fingerprint density at radius 1 is 1.16 bits per heavy atom. The predicted octanol–water partition coefficient (Wildman–Crippen LogP) is 1.93. The molecule has 3 heterocycles. The molecule has 1 unspecified atom stereocenters. The van der Waals surface area contributed by atoms with Gasteiger partial charge in [0, 0.05) is 44.0 Å². The van der Waals surface area contributed by atoms with Crippen molar-refractivity contribution in [2.24, 2.45) is 11.8 Å². The van der Waals surface area contributed by atoms with E-state index in [9.17, 15) is 4.79 Å². The molecule has 25 heavy (non-hydrogen) atoms. The molecule has 1 amide bonds. The molecule has 6 nitrogen and oxygen atoms in total. The molecule has 2 aliphatic heterocycles. The van der Waals surface area contributed by atoms with E-state index >= 15 is 0 Å². The molecule has 138 valence electrons. The molecule has 2 fully saturated rings. The van der Waals surface area contributed by atoms with Gasteiger partial charge < -0.3 is 10.2 Å². The van der Waals surface area contributed by atoms with E-state index in [-0.39, 0.29) is 11.8 Å². The third-order valence-corrected chi connectivity index (χ3v) is 5.71. The summed E-state index contributed by atoms with van der Waals surface area (Å²) in [5.74, 6) is 1.95. The molecule has 0 radical (unpaired) electrons. The first-order valence-electron chi connectivity index (χ1n) is 9.67. The van der Waals surface area contributed by atoms with E-state index < -0.39 is 0 Å². The molecular formula is C19H31N5O. The van der Waals surface area contributed by atoms with Gasteiger partial charge in [0.25, 0.3) is 0 Å². The molecule has 0 aromatic carbocycles. The third-order valence-electron chi connectivity index (χ3n) is 5.71. The number of piperidine rings is 2. The van der Waals surface area contributed by atoms with Crippen molar-refractivity contribution >= 4 is 11.9 Å². The summed E-state index contributed by atoms with van der Waals surface area (Å²) in [4.78, 5) is 25.8. The lowest BCUT2D eigenvalue weighted by Gasteiger charge is -2.35. The summed E-state index contributed by atoms with van der Waals surface area (Å²) in [5, 5.41) is 3.18. The summed E-state index contributed by atoms with van der Waals surface area (Å²) < 4.78 is 0. The molecule has 1 aromatic rings. The first kappa shape index (κ1) is 18.1. The van der Waals surface area contributed by atoms with Gasteiger partial charge in [-0.25, -0.2) is 9.97 Å². The van der Waals surface area contributed by atoms with Crippen molar-refractivity contribution in [2.75, 3.05) is 37.6 Å². The van der Waals surface area contributed by atoms with Crippen LogP contribution < -0.4 is 10.2 Å². The number of amides is 1. The average molecular weight is 345 g/mol. The van der Waals surface area contributed by atoms with Crippen LogP contribution in [0.3, 0.4) is 0 Å². The third kappa shape index (κ3) is 4.91. The van der Waals surface area contributed by atoms with Gasteiger partial charge in [-0.15, -0.1) is 0 Å². The fourth-order valence-electron chi connectivity index (χ4n) is 3.79. The Balaban J connectivity index is 1.39. The Morgan fingerprint density at radius 2 is 1.80 bits per heavy atom. The normalized spacial score (nSPS) is 21.9. The molecule has 0 bridgehead atoms. The van der Waals surface area contributed by atoms with Crippen LogP contribution in [0.2, 0.25) is 0 Å². The zero-order chi connectivity index (χ0) is 17.6. The van der Waals surface area contributed by atoms with E-state index in [4.69, 9.17) is 0 Å². The highest BCUT2D eigenvalue weighted by molar-refractivity contribution is 5.79. The van der Waals surface area contributed by atoms with Crippen LogP contribution in [0.15, 0.2) is 18.5 Å². The number of carbonyl (C=O) groups excluding carboxylic acids is 1. The van der Waals surface area contributed by atoms with Gasteiger partial charge in [-0.05, 0) is 57.7 Å². The Labute approximate surface area is 151 Å². The maximum atomic E-state index is 12.5. The number of nitrogens with one attached hydrogen (secondary N) is 1. The molecule has 0 saturated carbocycles. The summed E-state index contributed by atoms with van der Waals surface area (Å²) in [6.07, 6.45) is 7.84. The summed E-state index contributed by atoms with van der Waals surface area (Å²) in [5.41, 5.74) is 0. The fourth-order valence-corrected chi connectivity index (χ4v) is 3.79. The second-order valence-corrected chi connectivity index (χ2v) is 7.62. The van der Waals surface area contributed by atoms with Gasteiger partial charge in [0.05, 0.1) is 0 Å². The van der Waals surface area contributed by atoms with Crippen LogP contribution in [0.25, 0.3) is 0 Å². The zero-order valence-electron chi connectivity index (χ0n) is 15.5. The summed E-state index contributed by atoms with van der Waals surface area (Å²) in [7, 11) is 0. The highest BCUT2D eigenvalue weighted by Gasteiger charge is 2.27. The van der Waals surface area contributed by atoms with Gasteiger partial charge in [-0.2, -0.15) is 0 Å². The van der Waals surface area contributed by atoms with Gasteiger partial charge in [0.1, 0.15) is 0 Å². The van der Waals surface area contributed by atoms with Crippen molar-refractivity contribution in [1.29, 1.82) is 0 Å². The number of likely N-dealkylation sites (tertiary alicyclic amines) is 1. The van der Waals surface area contributed by atoms with Crippen molar-refractivity contribution in [3.63, 3.8) is 0 Å². The lowest BCUT2D eigenvalue weighted by atomic mass is 9.95. The Hall–Kier alpha value is -1.69. The van der Waals surface area contributed by atoms with Crippen LogP contribution in [0.4, 0.5) is 5.95 Å². The smallest absolute Gasteiger partial charge is 0.225 e. The van der Waals surface area contributed by atoms with Crippen LogP contribution in [0.5, 0.6) is 0 Å². The first-order chi connectivity index (χ1) is 12.1. The standard InChI is InChI=1S/C19H31N5O/c1-15-4-10-23(11-5-15)16(2)14-22-18(25)17-6-12-24(13-7-17)19-20-8-3-9-21-19/h3,8-9,15-17H,4-7,10-14H2,1-2H3,(H,22,25). The van der Waals surface area contributed by atoms with Gasteiger partial charge in [0.2, 0.25) is 11.9 Å². The van der Waals surface area contributed by atoms with E-state index in [2.05, 4.69) is 38.9 Å². The second-order valence-electron chi connectivity index (χ2n) is 7.62. The van der Waals surface area contributed by atoms with Gasteiger partial charge in [0.15, 0.2) is 0 Å². The van der Waals surface area contributed by atoms with Crippen LogP contribution >= 0.6 is 0 Å². The quantitative estimate of drug-likeness (QED) is 0.883. The maximum absolute atomic E-state index is 12.5. The number of nitrogens with zero attached hydrogens (tertiary/aromatic N) is 4. The molecule has 2 saturated heterocycles. The minimum absolute atomic E-state index is 0.119. The molecule has 0 spiro atoms. The summed E-state index contributed by atoms with van der Waals surface area (Å²) in [6, 6.07) is 2.25. The minimum atomic E-state index is 0.119. The van der Waals surface area contributed by atoms with Crippen molar-refractivity contribution in [1.82, 2.24) is 20.2 Å². The van der Waals surface area contributed by atoms with Crippen LogP contribution in [0.1, 0.15) is 39.5 Å².